The van der Waals surface area contributed by atoms with Crippen LogP contribution in [0.2, 0.25) is 0 Å². The number of ether oxygens (including phenoxy) is 1. The number of hydrogen-bond acceptors (Lipinski definition) is 3. The van der Waals surface area contributed by atoms with E-state index in [1.807, 2.05) is 12.2 Å². The first-order chi connectivity index (χ1) is 8.13. The van der Waals surface area contributed by atoms with E-state index in [4.69, 9.17) is 9.84 Å². The summed E-state index contributed by atoms with van der Waals surface area (Å²) < 4.78 is 4.80. The van der Waals surface area contributed by atoms with Crippen molar-refractivity contribution >= 4 is 12.1 Å². The molecule has 1 amide bonds. The lowest BCUT2D eigenvalue weighted by molar-refractivity contribution is -0.143. The molecule has 92 valence electrons. The fourth-order valence-corrected chi connectivity index (χ4v) is 2.67. The van der Waals surface area contributed by atoms with Crippen molar-refractivity contribution in [3.63, 3.8) is 0 Å². The van der Waals surface area contributed by atoms with E-state index in [0.717, 1.165) is 6.42 Å². The Labute approximate surface area is 99.1 Å². The molecule has 0 unspecified atom stereocenters. The van der Waals surface area contributed by atoms with Gasteiger partial charge in [-0.25, -0.2) is 4.79 Å². The summed E-state index contributed by atoms with van der Waals surface area (Å²) >= 11 is 0. The number of carbonyl (C=O) groups excluding carboxylic acids is 1. The van der Waals surface area contributed by atoms with Crippen LogP contribution in [0, 0.1) is 17.8 Å². The van der Waals surface area contributed by atoms with Gasteiger partial charge in [0.15, 0.2) is 0 Å². The Morgan fingerprint density at radius 3 is 2.82 bits per heavy atom. The number of amides is 1. The number of alkyl carbamates (subject to hydrolysis) is 1. The lowest BCUT2D eigenvalue weighted by Gasteiger charge is -2.25. The Kier molecular flexibility index (Phi) is 3.17. The largest absolute Gasteiger partial charge is 0.481 e. The predicted octanol–water partition coefficient (Wildman–Crippen LogP) is 1.17. The molecule has 5 nitrogen and oxygen atoms in total. The molecule has 2 aliphatic rings. The number of carboxylic acid groups (broad SMARTS) is 1. The minimum absolute atomic E-state index is 0.0298. The normalized spacial score (nSPS) is 33.4. The molecular formula is C12H15NO4. The Morgan fingerprint density at radius 2 is 2.18 bits per heavy atom. The molecule has 2 rings (SSSR count). The fourth-order valence-electron chi connectivity index (χ4n) is 2.67. The van der Waals surface area contributed by atoms with Crippen molar-refractivity contribution in [3.8, 4) is 0 Å². The molecule has 0 saturated heterocycles. The number of nitrogens with one attached hydrogen (secondary N) is 1. The van der Waals surface area contributed by atoms with Crippen molar-refractivity contribution in [3.05, 3.63) is 24.8 Å². The van der Waals surface area contributed by atoms with Gasteiger partial charge in [-0.1, -0.05) is 24.8 Å². The summed E-state index contributed by atoms with van der Waals surface area (Å²) in [6, 6.07) is -0.361. The standard InChI is InChI=1S/C12H15NO4/c1-2-5-17-12(16)13-10-8-4-3-7(6-8)9(10)11(14)15/h2-4,7-10H,1,5-6H2,(H,13,16)(H,14,15)/t7-,8+,9+,10-/m1/s1. The summed E-state index contributed by atoms with van der Waals surface area (Å²) in [7, 11) is 0. The van der Waals surface area contributed by atoms with E-state index in [2.05, 4.69) is 11.9 Å². The number of carbonyl (C=O) groups is 2. The van der Waals surface area contributed by atoms with E-state index in [0.29, 0.717) is 0 Å². The molecule has 4 atom stereocenters. The molecule has 1 fully saturated rings. The minimum atomic E-state index is -0.865. The minimum Gasteiger partial charge on any atom is -0.481 e. The van der Waals surface area contributed by atoms with Gasteiger partial charge in [0.25, 0.3) is 0 Å². The van der Waals surface area contributed by atoms with Crippen molar-refractivity contribution in [1.82, 2.24) is 5.32 Å². The SMILES string of the molecule is C=CCOC(=O)N[C@H]1[C@@H](C(=O)O)[C@@H]2C=C[C@H]1C2. The van der Waals surface area contributed by atoms with E-state index in [1.165, 1.54) is 6.08 Å². The maximum absolute atomic E-state index is 11.4. The van der Waals surface area contributed by atoms with Crippen LogP contribution in [0.5, 0.6) is 0 Å². The Hall–Kier alpha value is -1.78. The van der Waals surface area contributed by atoms with Gasteiger partial charge in [0.05, 0.1) is 12.0 Å². The molecule has 0 aromatic carbocycles. The summed E-state index contributed by atoms with van der Waals surface area (Å²) in [5, 5.41) is 11.8. The van der Waals surface area contributed by atoms with Crippen molar-refractivity contribution in [1.29, 1.82) is 0 Å². The molecule has 0 spiro atoms. The highest BCUT2D eigenvalue weighted by molar-refractivity contribution is 5.75. The Morgan fingerprint density at radius 1 is 1.47 bits per heavy atom. The van der Waals surface area contributed by atoms with Crippen LogP contribution in [0.1, 0.15) is 6.42 Å². The lowest BCUT2D eigenvalue weighted by atomic mass is 9.89. The highest BCUT2D eigenvalue weighted by Gasteiger charge is 2.49. The van der Waals surface area contributed by atoms with E-state index in [1.54, 1.807) is 0 Å². The zero-order valence-electron chi connectivity index (χ0n) is 9.33. The first kappa shape index (κ1) is 11.7. The van der Waals surface area contributed by atoms with Crippen LogP contribution in [0.4, 0.5) is 4.79 Å². The van der Waals surface area contributed by atoms with E-state index >= 15 is 0 Å². The number of hydrogen-bond donors (Lipinski definition) is 2. The number of carboxylic acids is 1. The highest BCUT2D eigenvalue weighted by Crippen LogP contribution is 2.43. The Bertz CT molecular complexity index is 377. The van der Waals surface area contributed by atoms with Crippen LogP contribution in [0.15, 0.2) is 24.8 Å². The van der Waals surface area contributed by atoms with E-state index in [-0.39, 0.29) is 24.5 Å². The van der Waals surface area contributed by atoms with Gasteiger partial charge in [0.1, 0.15) is 6.61 Å². The molecule has 5 heteroatoms. The second-order valence-electron chi connectivity index (χ2n) is 4.37. The summed E-state index contributed by atoms with van der Waals surface area (Å²) in [5.74, 6) is -1.27. The van der Waals surface area contributed by atoms with Crippen LogP contribution in [0.3, 0.4) is 0 Å². The summed E-state index contributed by atoms with van der Waals surface area (Å²) in [5.41, 5.74) is 0. The number of fused-ring (bicyclic) bond motifs is 2. The van der Waals surface area contributed by atoms with Gasteiger partial charge in [-0.15, -0.1) is 0 Å². The van der Waals surface area contributed by atoms with Gasteiger partial charge in [0.2, 0.25) is 0 Å². The predicted molar refractivity (Wildman–Crippen MR) is 60.3 cm³/mol. The third-order valence-electron chi connectivity index (χ3n) is 3.36. The molecule has 0 radical (unpaired) electrons. The Balaban J connectivity index is 1.99. The van der Waals surface area contributed by atoms with Crippen molar-refractivity contribution in [2.24, 2.45) is 17.8 Å². The van der Waals surface area contributed by atoms with Crippen molar-refractivity contribution in [2.45, 2.75) is 12.5 Å². The third-order valence-corrected chi connectivity index (χ3v) is 3.36. The van der Waals surface area contributed by atoms with Crippen LogP contribution < -0.4 is 5.32 Å². The van der Waals surface area contributed by atoms with Gasteiger partial charge in [-0.2, -0.15) is 0 Å². The second-order valence-corrected chi connectivity index (χ2v) is 4.37. The summed E-state index contributed by atoms with van der Waals surface area (Å²) in [4.78, 5) is 22.6. The van der Waals surface area contributed by atoms with Gasteiger partial charge in [0, 0.05) is 0 Å². The zero-order valence-corrected chi connectivity index (χ0v) is 9.33. The average molecular weight is 237 g/mol. The second kappa shape index (κ2) is 4.61. The fraction of sp³-hybridized carbons (Fsp3) is 0.500. The zero-order chi connectivity index (χ0) is 12.4. The van der Waals surface area contributed by atoms with Gasteiger partial charge in [-0.3, -0.25) is 4.79 Å². The maximum Gasteiger partial charge on any atom is 0.407 e. The monoisotopic (exact) mass is 237 g/mol. The van der Waals surface area contributed by atoms with Crippen LogP contribution >= 0.6 is 0 Å². The third kappa shape index (κ3) is 2.18. The van der Waals surface area contributed by atoms with Crippen LogP contribution in [-0.2, 0) is 9.53 Å². The quantitative estimate of drug-likeness (QED) is 0.720. The molecule has 0 heterocycles. The highest BCUT2D eigenvalue weighted by atomic mass is 16.5. The average Bonchev–Trinajstić information content (AvgIpc) is 2.86. The van der Waals surface area contributed by atoms with E-state index < -0.39 is 18.0 Å². The van der Waals surface area contributed by atoms with Crippen LogP contribution in [-0.4, -0.2) is 29.8 Å². The van der Waals surface area contributed by atoms with Crippen LogP contribution in [0.25, 0.3) is 0 Å². The summed E-state index contributed by atoms with van der Waals surface area (Å²) in [6.45, 7) is 3.56. The molecule has 2 N–H and O–H groups in total. The van der Waals surface area contributed by atoms with Gasteiger partial charge >= 0.3 is 12.1 Å². The topological polar surface area (TPSA) is 75.6 Å². The maximum atomic E-state index is 11.4. The van der Waals surface area contributed by atoms with Gasteiger partial charge in [-0.05, 0) is 18.3 Å². The molecule has 0 aromatic rings. The molecular weight excluding hydrogens is 222 g/mol. The van der Waals surface area contributed by atoms with Crippen molar-refractivity contribution < 1.29 is 19.4 Å². The summed E-state index contributed by atoms with van der Waals surface area (Å²) in [6.07, 6.45) is 5.58. The van der Waals surface area contributed by atoms with E-state index in [9.17, 15) is 9.59 Å². The molecule has 2 bridgehead atoms. The molecule has 17 heavy (non-hydrogen) atoms. The number of aliphatic carboxylic acids is 1. The van der Waals surface area contributed by atoms with Gasteiger partial charge < -0.3 is 15.2 Å². The smallest absolute Gasteiger partial charge is 0.407 e. The molecule has 0 aliphatic heterocycles. The lowest BCUT2D eigenvalue weighted by Crippen LogP contribution is -2.45. The van der Waals surface area contributed by atoms with Crippen molar-refractivity contribution in [2.75, 3.05) is 6.61 Å². The molecule has 0 aromatic heterocycles. The first-order valence-electron chi connectivity index (χ1n) is 5.58. The number of rotatable bonds is 4. The first-order valence-corrected chi connectivity index (χ1v) is 5.58. The molecule has 2 aliphatic carbocycles. The molecule has 1 saturated carbocycles. The number of allylic oxidation sites excluding steroid dienone is 1.